The van der Waals surface area contributed by atoms with E-state index in [1.807, 2.05) is 54.2 Å². The fourth-order valence-electron chi connectivity index (χ4n) is 3.22. The first-order valence-electron chi connectivity index (χ1n) is 8.89. The zero-order valence-electron chi connectivity index (χ0n) is 14.9. The Hall–Kier alpha value is -2.38. The molecule has 0 radical (unpaired) electrons. The van der Waals surface area contributed by atoms with E-state index in [9.17, 15) is 4.79 Å². The predicted octanol–water partition coefficient (Wildman–Crippen LogP) is 4.15. The zero-order valence-corrected chi connectivity index (χ0v) is 16.5. The summed E-state index contributed by atoms with van der Waals surface area (Å²) in [5.74, 6) is -0.101. The molecular formula is C19H20ClN5OS. The van der Waals surface area contributed by atoms with Crippen LogP contribution in [0.1, 0.15) is 18.4 Å². The number of nitrogens with zero attached hydrogens (tertiary/aromatic N) is 4. The molecule has 1 atom stereocenters. The van der Waals surface area contributed by atoms with E-state index in [1.54, 1.807) is 0 Å². The van der Waals surface area contributed by atoms with Gasteiger partial charge in [0.1, 0.15) is 0 Å². The number of carbonyl (C=O) groups excluding carboxylic acids is 1. The second-order valence-electron chi connectivity index (χ2n) is 6.72. The van der Waals surface area contributed by atoms with Gasteiger partial charge in [-0.15, -0.1) is 10.2 Å². The number of hydrogen-bond donors (Lipinski definition) is 1. The molecule has 8 heteroatoms. The number of carbonyl (C=O) groups is 1. The number of piperidine rings is 1. The van der Waals surface area contributed by atoms with E-state index < -0.39 is 0 Å². The molecule has 6 nitrogen and oxygen atoms in total. The normalized spacial score (nSPS) is 17.1. The molecule has 140 valence electrons. The van der Waals surface area contributed by atoms with E-state index in [-0.39, 0.29) is 11.8 Å². The Kier molecular flexibility index (Phi) is 5.13. The number of benzene rings is 1. The van der Waals surface area contributed by atoms with Gasteiger partial charge in [0.2, 0.25) is 16.2 Å². The van der Waals surface area contributed by atoms with Crippen LogP contribution in [0.4, 0.5) is 10.8 Å². The highest BCUT2D eigenvalue weighted by Gasteiger charge is 2.28. The van der Waals surface area contributed by atoms with Gasteiger partial charge in [-0.3, -0.25) is 9.36 Å². The summed E-state index contributed by atoms with van der Waals surface area (Å²) in [4.78, 5) is 14.9. The molecule has 4 rings (SSSR count). The highest BCUT2D eigenvalue weighted by atomic mass is 35.5. The fourth-order valence-corrected chi connectivity index (χ4v) is 4.35. The lowest BCUT2D eigenvalue weighted by molar-refractivity contribution is -0.120. The molecule has 1 aliphatic rings. The molecule has 0 unspecified atom stereocenters. The summed E-state index contributed by atoms with van der Waals surface area (Å²) in [6, 6.07) is 9.56. The highest BCUT2D eigenvalue weighted by Crippen LogP contribution is 2.29. The van der Waals surface area contributed by atoms with Gasteiger partial charge >= 0.3 is 0 Å². The Balaban J connectivity index is 1.44. The number of aromatic nitrogens is 3. The lowest BCUT2D eigenvalue weighted by atomic mass is 9.97. The van der Waals surface area contributed by atoms with Crippen molar-refractivity contribution in [2.24, 2.45) is 5.92 Å². The van der Waals surface area contributed by atoms with Crippen LogP contribution >= 0.6 is 22.9 Å². The van der Waals surface area contributed by atoms with Crippen molar-refractivity contribution < 1.29 is 4.79 Å². The Bertz CT molecular complexity index is 939. The minimum atomic E-state index is -0.102. The van der Waals surface area contributed by atoms with Crippen molar-refractivity contribution in [3.63, 3.8) is 0 Å². The summed E-state index contributed by atoms with van der Waals surface area (Å²) in [5, 5.41) is 13.8. The minimum absolute atomic E-state index is 0.000557. The van der Waals surface area contributed by atoms with Gasteiger partial charge in [0, 0.05) is 25.5 Å². The van der Waals surface area contributed by atoms with Crippen molar-refractivity contribution in [3.8, 4) is 5.13 Å². The molecule has 1 N–H and O–H groups in total. The zero-order chi connectivity index (χ0) is 18.8. The molecule has 1 aromatic carbocycles. The van der Waals surface area contributed by atoms with Crippen molar-refractivity contribution in [3.05, 3.63) is 53.3 Å². The molecule has 3 aromatic rings. The summed E-state index contributed by atoms with van der Waals surface area (Å²) in [7, 11) is 0. The molecule has 0 bridgehead atoms. The number of anilines is 2. The maximum Gasteiger partial charge on any atom is 0.229 e. The molecule has 0 aliphatic carbocycles. The lowest BCUT2D eigenvalue weighted by Gasteiger charge is -2.31. The van der Waals surface area contributed by atoms with Crippen LogP contribution in [0.5, 0.6) is 0 Å². The minimum Gasteiger partial charge on any atom is -0.346 e. The topological polar surface area (TPSA) is 63.1 Å². The first kappa shape index (κ1) is 18.0. The molecule has 1 saturated heterocycles. The van der Waals surface area contributed by atoms with Gasteiger partial charge in [-0.1, -0.05) is 29.0 Å². The van der Waals surface area contributed by atoms with Crippen LogP contribution in [-0.4, -0.2) is 33.8 Å². The van der Waals surface area contributed by atoms with Crippen molar-refractivity contribution in [1.82, 2.24) is 14.8 Å². The van der Waals surface area contributed by atoms with Gasteiger partial charge in [0.15, 0.2) is 0 Å². The van der Waals surface area contributed by atoms with Crippen LogP contribution in [0.2, 0.25) is 5.02 Å². The molecular weight excluding hydrogens is 382 g/mol. The number of amides is 1. The Morgan fingerprint density at radius 2 is 2.04 bits per heavy atom. The predicted molar refractivity (Wildman–Crippen MR) is 109 cm³/mol. The van der Waals surface area contributed by atoms with Crippen LogP contribution in [0.15, 0.2) is 42.7 Å². The summed E-state index contributed by atoms with van der Waals surface area (Å²) < 4.78 is 1.94. The van der Waals surface area contributed by atoms with Crippen molar-refractivity contribution in [2.45, 2.75) is 19.8 Å². The SMILES string of the molecule is Cc1ccc(NC(=O)[C@H]2CCCN(c3nnc(-n4cccc4)s3)C2)c(Cl)c1. The average Bonchev–Trinajstić information content (AvgIpc) is 3.35. The number of aryl methyl sites for hydroxylation is 1. The second kappa shape index (κ2) is 7.70. The summed E-state index contributed by atoms with van der Waals surface area (Å²) in [6.07, 6.45) is 5.69. The van der Waals surface area contributed by atoms with Crippen molar-refractivity contribution in [1.29, 1.82) is 0 Å². The van der Waals surface area contributed by atoms with Gasteiger partial charge in [-0.25, -0.2) is 0 Å². The second-order valence-corrected chi connectivity index (χ2v) is 8.06. The summed E-state index contributed by atoms with van der Waals surface area (Å²) in [5.41, 5.74) is 1.73. The summed E-state index contributed by atoms with van der Waals surface area (Å²) >= 11 is 7.78. The van der Waals surface area contributed by atoms with E-state index in [0.29, 0.717) is 17.3 Å². The quantitative estimate of drug-likeness (QED) is 0.713. The number of hydrogen-bond acceptors (Lipinski definition) is 5. The molecule has 2 aromatic heterocycles. The third-order valence-corrected chi connectivity index (χ3v) is 5.98. The molecule has 1 aliphatic heterocycles. The van der Waals surface area contributed by atoms with E-state index in [1.165, 1.54) is 11.3 Å². The number of nitrogens with one attached hydrogen (secondary N) is 1. The molecule has 0 saturated carbocycles. The smallest absolute Gasteiger partial charge is 0.229 e. The molecule has 1 fully saturated rings. The van der Waals surface area contributed by atoms with Crippen LogP contribution < -0.4 is 10.2 Å². The maximum absolute atomic E-state index is 12.7. The molecule has 0 spiro atoms. The Morgan fingerprint density at radius 1 is 1.26 bits per heavy atom. The first-order valence-corrected chi connectivity index (χ1v) is 10.1. The van der Waals surface area contributed by atoms with E-state index in [0.717, 1.165) is 35.2 Å². The van der Waals surface area contributed by atoms with Gasteiger partial charge in [0.05, 0.1) is 16.6 Å². The molecule has 27 heavy (non-hydrogen) atoms. The van der Waals surface area contributed by atoms with Crippen LogP contribution in [0, 0.1) is 12.8 Å². The third-order valence-electron chi connectivity index (χ3n) is 4.67. The van der Waals surface area contributed by atoms with E-state index in [4.69, 9.17) is 11.6 Å². The maximum atomic E-state index is 12.7. The Labute approximate surface area is 166 Å². The van der Waals surface area contributed by atoms with Gasteiger partial charge in [-0.2, -0.15) is 0 Å². The fraction of sp³-hybridized carbons (Fsp3) is 0.316. The molecule has 1 amide bonds. The van der Waals surface area contributed by atoms with Crippen molar-refractivity contribution in [2.75, 3.05) is 23.3 Å². The molecule has 3 heterocycles. The monoisotopic (exact) mass is 401 g/mol. The van der Waals surface area contributed by atoms with Crippen LogP contribution in [-0.2, 0) is 4.79 Å². The lowest BCUT2D eigenvalue weighted by Crippen LogP contribution is -2.40. The third kappa shape index (κ3) is 3.99. The van der Waals surface area contributed by atoms with Gasteiger partial charge < -0.3 is 10.2 Å². The standard InChI is InChI=1S/C19H20ClN5OS/c1-13-6-7-16(15(20)11-13)21-17(26)14-5-4-10-25(12-14)19-23-22-18(27-19)24-8-2-3-9-24/h2-3,6-9,11,14H,4-5,10,12H2,1H3,(H,21,26)/t14-/m0/s1. The van der Waals surface area contributed by atoms with E-state index >= 15 is 0 Å². The van der Waals surface area contributed by atoms with Crippen molar-refractivity contribution >= 4 is 39.7 Å². The summed E-state index contributed by atoms with van der Waals surface area (Å²) in [6.45, 7) is 3.49. The largest absolute Gasteiger partial charge is 0.346 e. The number of halogens is 1. The first-order chi connectivity index (χ1) is 13.1. The highest BCUT2D eigenvalue weighted by molar-refractivity contribution is 7.17. The average molecular weight is 402 g/mol. The van der Waals surface area contributed by atoms with Crippen LogP contribution in [0.25, 0.3) is 5.13 Å². The van der Waals surface area contributed by atoms with Crippen LogP contribution in [0.3, 0.4) is 0 Å². The number of rotatable bonds is 4. The van der Waals surface area contributed by atoms with Gasteiger partial charge in [-0.05, 0) is 49.6 Å². The van der Waals surface area contributed by atoms with Gasteiger partial charge in [0.25, 0.3) is 0 Å². The Morgan fingerprint density at radius 3 is 2.81 bits per heavy atom. The van der Waals surface area contributed by atoms with E-state index in [2.05, 4.69) is 20.4 Å².